The molecule has 0 bridgehead atoms. The highest BCUT2D eigenvalue weighted by atomic mass is 35.5. The maximum absolute atomic E-state index is 9.60. The van der Waals surface area contributed by atoms with Gasteiger partial charge in [-0.2, -0.15) is 5.10 Å². The van der Waals surface area contributed by atoms with Crippen LogP contribution in [0.15, 0.2) is 24.3 Å². The summed E-state index contributed by atoms with van der Waals surface area (Å²) >= 11 is 12.2. The van der Waals surface area contributed by atoms with Crippen molar-refractivity contribution in [1.82, 2.24) is 9.78 Å². The molecule has 0 radical (unpaired) electrons. The molecule has 0 amide bonds. The summed E-state index contributed by atoms with van der Waals surface area (Å²) in [6.07, 6.45) is 0.632. The highest BCUT2D eigenvalue weighted by molar-refractivity contribution is 6.32. The minimum Gasteiger partial charge on any atom is -0.396 e. The smallest absolute Gasteiger partial charge is 0.0847 e. The van der Waals surface area contributed by atoms with Crippen LogP contribution in [0.2, 0.25) is 10.0 Å². The summed E-state index contributed by atoms with van der Waals surface area (Å²) in [4.78, 5) is 0. The molecule has 0 saturated heterocycles. The number of aliphatic hydroxyl groups is 1. The zero-order chi connectivity index (χ0) is 14.0. The first-order valence-corrected chi connectivity index (χ1v) is 6.82. The summed E-state index contributed by atoms with van der Waals surface area (Å²) in [6.45, 7) is 1.92. The summed E-state index contributed by atoms with van der Waals surface area (Å²) in [7, 11) is 1.86. The third-order valence-corrected chi connectivity index (χ3v) is 3.97. The van der Waals surface area contributed by atoms with E-state index in [9.17, 15) is 5.11 Å². The molecule has 1 unspecified atom stereocenters. The van der Waals surface area contributed by atoms with Crippen molar-refractivity contribution in [2.24, 2.45) is 7.05 Å². The normalized spacial score (nSPS) is 12.7. The van der Waals surface area contributed by atoms with Crippen LogP contribution in [0.1, 0.15) is 22.9 Å². The van der Waals surface area contributed by atoms with Crippen LogP contribution in [-0.2, 0) is 13.5 Å². The zero-order valence-corrected chi connectivity index (χ0v) is 12.4. The van der Waals surface area contributed by atoms with Crippen LogP contribution in [0.4, 0.5) is 0 Å². The quantitative estimate of drug-likeness (QED) is 0.940. The average Bonchev–Trinajstić information content (AvgIpc) is 2.61. The second-order valence-electron chi connectivity index (χ2n) is 4.61. The lowest BCUT2D eigenvalue weighted by Gasteiger charge is -2.15. The van der Waals surface area contributed by atoms with Gasteiger partial charge in [-0.25, -0.2) is 0 Å². The fraction of sp³-hybridized carbons (Fsp3) is 0.357. The molecule has 5 heteroatoms. The van der Waals surface area contributed by atoms with Crippen LogP contribution in [-0.4, -0.2) is 21.5 Å². The Balaban J connectivity index is 2.29. The van der Waals surface area contributed by atoms with Gasteiger partial charge in [-0.1, -0.05) is 35.3 Å². The third kappa shape index (κ3) is 3.11. The molecule has 19 heavy (non-hydrogen) atoms. The molecule has 0 aliphatic rings. The fourth-order valence-electron chi connectivity index (χ4n) is 2.18. The first kappa shape index (κ1) is 14.4. The Hall–Kier alpha value is -1.03. The lowest BCUT2D eigenvalue weighted by atomic mass is 9.95. The number of nitrogens with zero attached hydrogens (tertiary/aromatic N) is 2. The number of aromatic nitrogens is 2. The Morgan fingerprint density at radius 2 is 2.11 bits per heavy atom. The first-order valence-electron chi connectivity index (χ1n) is 6.07. The largest absolute Gasteiger partial charge is 0.396 e. The van der Waals surface area contributed by atoms with E-state index in [0.29, 0.717) is 16.5 Å². The van der Waals surface area contributed by atoms with Gasteiger partial charge in [-0.05, 0) is 31.0 Å². The van der Waals surface area contributed by atoms with Crippen LogP contribution in [0, 0.1) is 6.92 Å². The van der Waals surface area contributed by atoms with E-state index in [1.54, 1.807) is 4.68 Å². The molecule has 0 saturated carbocycles. The Morgan fingerprint density at radius 3 is 2.63 bits per heavy atom. The minimum atomic E-state index is -0.0361. The van der Waals surface area contributed by atoms with Crippen molar-refractivity contribution >= 4 is 23.2 Å². The monoisotopic (exact) mass is 298 g/mol. The molecule has 0 spiro atoms. The van der Waals surface area contributed by atoms with E-state index in [4.69, 9.17) is 23.2 Å². The second-order valence-corrected chi connectivity index (χ2v) is 5.42. The van der Waals surface area contributed by atoms with Gasteiger partial charge in [-0.15, -0.1) is 0 Å². The van der Waals surface area contributed by atoms with E-state index in [-0.39, 0.29) is 12.5 Å². The SMILES string of the molecule is Cc1nn(C)c(CC(CO)c2cccc(Cl)c2)c1Cl. The number of rotatable bonds is 4. The van der Waals surface area contributed by atoms with Crippen molar-refractivity contribution in [2.45, 2.75) is 19.3 Å². The minimum absolute atomic E-state index is 0.0361. The molecule has 1 atom stereocenters. The Labute approximate surface area is 122 Å². The third-order valence-electron chi connectivity index (χ3n) is 3.24. The van der Waals surface area contributed by atoms with E-state index >= 15 is 0 Å². The zero-order valence-electron chi connectivity index (χ0n) is 10.9. The van der Waals surface area contributed by atoms with Gasteiger partial charge in [-0.3, -0.25) is 4.68 Å². The van der Waals surface area contributed by atoms with Gasteiger partial charge in [0, 0.05) is 18.0 Å². The summed E-state index contributed by atoms with van der Waals surface area (Å²) in [5, 5.41) is 15.2. The highest BCUT2D eigenvalue weighted by Crippen LogP contribution is 2.27. The van der Waals surface area contributed by atoms with Crippen LogP contribution >= 0.6 is 23.2 Å². The molecular weight excluding hydrogens is 283 g/mol. The summed E-state index contributed by atoms with van der Waals surface area (Å²) in [5.41, 5.74) is 2.74. The van der Waals surface area contributed by atoms with Crippen molar-refractivity contribution in [2.75, 3.05) is 6.61 Å². The molecule has 0 aliphatic carbocycles. The van der Waals surface area contributed by atoms with Gasteiger partial charge in [0.25, 0.3) is 0 Å². The van der Waals surface area contributed by atoms with Crippen molar-refractivity contribution in [3.8, 4) is 0 Å². The van der Waals surface area contributed by atoms with E-state index in [1.165, 1.54) is 0 Å². The lowest BCUT2D eigenvalue weighted by Crippen LogP contribution is -2.11. The molecule has 1 aromatic carbocycles. The molecule has 1 aromatic heterocycles. The first-order chi connectivity index (χ1) is 9.02. The predicted molar refractivity (Wildman–Crippen MR) is 77.9 cm³/mol. The lowest BCUT2D eigenvalue weighted by molar-refractivity contribution is 0.263. The number of halogens is 2. The number of aryl methyl sites for hydroxylation is 2. The highest BCUT2D eigenvalue weighted by Gasteiger charge is 2.18. The van der Waals surface area contributed by atoms with E-state index in [0.717, 1.165) is 17.0 Å². The van der Waals surface area contributed by atoms with Crippen molar-refractivity contribution in [1.29, 1.82) is 0 Å². The van der Waals surface area contributed by atoms with Gasteiger partial charge >= 0.3 is 0 Å². The average molecular weight is 299 g/mol. The van der Waals surface area contributed by atoms with Crippen LogP contribution in [0.3, 0.4) is 0 Å². The molecule has 2 aromatic rings. The maximum Gasteiger partial charge on any atom is 0.0847 e. The molecule has 0 aliphatic heterocycles. The number of benzene rings is 1. The van der Waals surface area contributed by atoms with Gasteiger partial charge in [0.05, 0.1) is 23.0 Å². The summed E-state index contributed by atoms with van der Waals surface area (Å²) < 4.78 is 1.77. The maximum atomic E-state index is 9.60. The van der Waals surface area contributed by atoms with E-state index < -0.39 is 0 Å². The number of hydrogen-bond acceptors (Lipinski definition) is 2. The molecule has 1 heterocycles. The van der Waals surface area contributed by atoms with Crippen molar-refractivity contribution < 1.29 is 5.11 Å². The number of hydrogen-bond donors (Lipinski definition) is 1. The Bertz CT molecular complexity index is 581. The van der Waals surface area contributed by atoms with Crippen LogP contribution < -0.4 is 0 Å². The van der Waals surface area contributed by atoms with Gasteiger partial charge in [0.2, 0.25) is 0 Å². The topological polar surface area (TPSA) is 38.0 Å². The van der Waals surface area contributed by atoms with Gasteiger partial charge in [0.15, 0.2) is 0 Å². The number of aliphatic hydroxyl groups excluding tert-OH is 1. The summed E-state index contributed by atoms with van der Waals surface area (Å²) in [5.74, 6) is -0.0361. The Kier molecular flexibility index (Phi) is 4.50. The second kappa shape index (κ2) is 5.95. The van der Waals surface area contributed by atoms with Crippen LogP contribution in [0.25, 0.3) is 0 Å². The van der Waals surface area contributed by atoms with Gasteiger partial charge < -0.3 is 5.11 Å². The predicted octanol–water partition coefficient (Wildman–Crippen LogP) is 3.35. The standard InChI is InChI=1S/C14H16Cl2N2O/c1-9-14(16)13(18(2)17-9)7-11(8-19)10-4-3-5-12(15)6-10/h3-6,11,19H,7-8H2,1-2H3. The Morgan fingerprint density at radius 1 is 1.37 bits per heavy atom. The molecule has 3 nitrogen and oxygen atoms in total. The fourth-order valence-corrected chi connectivity index (χ4v) is 2.62. The van der Waals surface area contributed by atoms with Crippen LogP contribution in [0.5, 0.6) is 0 Å². The molecule has 102 valence electrons. The van der Waals surface area contributed by atoms with Gasteiger partial charge in [0.1, 0.15) is 0 Å². The van der Waals surface area contributed by atoms with E-state index in [2.05, 4.69) is 5.10 Å². The molecule has 1 N–H and O–H groups in total. The van der Waals surface area contributed by atoms with Crippen molar-refractivity contribution in [3.05, 3.63) is 51.3 Å². The molecule has 2 rings (SSSR count). The molecule has 0 fully saturated rings. The van der Waals surface area contributed by atoms with E-state index in [1.807, 2.05) is 38.2 Å². The molecular formula is C14H16Cl2N2O. The van der Waals surface area contributed by atoms with Crippen molar-refractivity contribution in [3.63, 3.8) is 0 Å². The summed E-state index contributed by atoms with van der Waals surface area (Å²) in [6, 6.07) is 7.54.